The molecule has 5 heteroatoms. The van der Waals surface area contributed by atoms with Gasteiger partial charge in [0.2, 0.25) is 11.8 Å². The van der Waals surface area contributed by atoms with Gasteiger partial charge >= 0.3 is 0 Å². The van der Waals surface area contributed by atoms with Crippen LogP contribution >= 0.6 is 0 Å². The SMILES string of the molecule is O=C(Nc1ccc(Cc2nnc(-c3ccccc3)o2)cc1)c1ccccc1. The molecule has 0 radical (unpaired) electrons. The van der Waals surface area contributed by atoms with Gasteiger partial charge in [-0.3, -0.25) is 4.79 Å². The lowest BCUT2D eigenvalue weighted by Crippen LogP contribution is -2.11. The van der Waals surface area contributed by atoms with Crippen molar-refractivity contribution in [1.82, 2.24) is 10.2 Å². The van der Waals surface area contributed by atoms with E-state index in [2.05, 4.69) is 15.5 Å². The van der Waals surface area contributed by atoms with Gasteiger partial charge in [-0.05, 0) is 42.0 Å². The molecule has 0 saturated carbocycles. The van der Waals surface area contributed by atoms with Crippen molar-refractivity contribution in [2.75, 3.05) is 5.32 Å². The summed E-state index contributed by atoms with van der Waals surface area (Å²) < 4.78 is 5.73. The standard InChI is InChI=1S/C22H17N3O2/c26-21(17-7-3-1-4-8-17)23-19-13-11-16(12-14-19)15-20-24-25-22(27-20)18-9-5-2-6-10-18/h1-14H,15H2,(H,23,26). The van der Waals surface area contributed by atoms with Gasteiger partial charge in [0, 0.05) is 16.8 Å². The van der Waals surface area contributed by atoms with E-state index in [1.165, 1.54) is 0 Å². The average Bonchev–Trinajstić information content (AvgIpc) is 3.19. The number of benzene rings is 3. The van der Waals surface area contributed by atoms with Crippen LogP contribution in [0.5, 0.6) is 0 Å². The molecule has 0 spiro atoms. The predicted molar refractivity (Wildman–Crippen MR) is 103 cm³/mol. The molecule has 0 atom stereocenters. The Bertz CT molecular complexity index is 1030. The summed E-state index contributed by atoms with van der Waals surface area (Å²) in [6.45, 7) is 0. The molecular formula is C22H17N3O2. The number of anilines is 1. The van der Waals surface area contributed by atoms with Crippen LogP contribution in [0.15, 0.2) is 89.3 Å². The van der Waals surface area contributed by atoms with Crippen LogP contribution in [-0.2, 0) is 6.42 Å². The molecule has 4 aromatic rings. The fraction of sp³-hybridized carbons (Fsp3) is 0.0455. The van der Waals surface area contributed by atoms with E-state index in [1.54, 1.807) is 12.1 Å². The van der Waals surface area contributed by atoms with Gasteiger partial charge in [-0.2, -0.15) is 0 Å². The number of aromatic nitrogens is 2. The Balaban J connectivity index is 1.41. The molecular weight excluding hydrogens is 338 g/mol. The third kappa shape index (κ3) is 4.10. The van der Waals surface area contributed by atoms with E-state index in [-0.39, 0.29) is 5.91 Å². The summed E-state index contributed by atoms with van der Waals surface area (Å²) >= 11 is 0. The molecule has 1 amide bonds. The molecule has 0 unspecified atom stereocenters. The maximum Gasteiger partial charge on any atom is 0.255 e. The van der Waals surface area contributed by atoms with Gasteiger partial charge in [0.1, 0.15) is 0 Å². The number of carbonyl (C=O) groups excluding carboxylic acids is 1. The smallest absolute Gasteiger partial charge is 0.255 e. The lowest BCUT2D eigenvalue weighted by atomic mass is 10.1. The van der Waals surface area contributed by atoms with Gasteiger partial charge in [-0.15, -0.1) is 10.2 Å². The third-order valence-corrected chi connectivity index (χ3v) is 4.09. The zero-order valence-corrected chi connectivity index (χ0v) is 14.5. The van der Waals surface area contributed by atoms with Crippen molar-refractivity contribution in [3.63, 3.8) is 0 Å². The average molecular weight is 355 g/mol. The summed E-state index contributed by atoms with van der Waals surface area (Å²) in [7, 11) is 0. The van der Waals surface area contributed by atoms with Gasteiger partial charge in [0.15, 0.2) is 0 Å². The fourth-order valence-corrected chi connectivity index (χ4v) is 2.70. The van der Waals surface area contributed by atoms with Crippen LogP contribution in [0.2, 0.25) is 0 Å². The number of carbonyl (C=O) groups is 1. The molecule has 132 valence electrons. The van der Waals surface area contributed by atoms with Gasteiger partial charge in [-0.25, -0.2) is 0 Å². The molecule has 0 aliphatic heterocycles. The fourth-order valence-electron chi connectivity index (χ4n) is 2.70. The molecule has 1 heterocycles. The van der Waals surface area contributed by atoms with Gasteiger partial charge in [0.05, 0.1) is 6.42 Å². The summed E-state index contributed by atoms with van der Waals surface area (Å²) in [5.74, 6) is 0.931. The second kappa shape index (κ2) is 7.66. The summed E-state index contributed by atoms with van der Waals surface area (Å²) in [6, 6.07) is 26.4. The van der Waals surface area contributed by atoms with Crippen LogP contribution in [0.1, 0.15) is 21.8 Å². The summed E-state index contributed by atoms with van der Waals surface area (Å²) in [5, 5.41) is 11.1. The highest BCUT2D eigenvalue weighted by Gasteiger charge is 2.09. The molecule has 5 nitrogen and oxygen atoms in total. The maximum atomic E-state index is 12.2. The lowest BCUT2D eigenvalue weighted by molar-refractivity contribution is 0.102. The van der Waals surface area contributed by atoms with Crippen LogP contribution in [0.3, 0.4) is 0 Å². The Labute approximate surface area is 156 Å². The molecule has 3 aromatic carbocycles. The third-order valence-electron chi connectivity index (χ3n) is 4.09. The normalized spacial score (nSPS) is 10.5. The molecule has 1 N–H and O–H groups in total. The first-order chi connectivity index (χ1) is 13.3. The van der Waals surface area contributed by atoms with Crippen LogP contribution in [0.4, 0.5) is 5.69 Å². The molecule has 27 heavy (non-hydrogen) atoms. The number of nitrogens with zero attached hydrogens (tertiary/aromatic N) is 2. The monoisotopic (exact) mass is 355 g/mol. The Morgan fingerprint density at radius 1 is 0.815 bits per heavy atom. The van der Waals surface area contributed by atoms with Crippen LogP contribution in [0.25, 0.3) is 11.5 Å². The van der Waals surface area contributed by atoms with Crippen molar-refractivity contribution >= 4 is 11.6 Å². The zero-order valence-electron chi connectivity index (χ0n) is 14.5. The van der Waals surface area contributed by atoms with Crippen molar-refractivity contribution < 1.29 is 9.21 Å². The highest BCUT2D eigenvalue weighted by atomic mass is 16.4. The van der Waals surface area contributed by atoms with Crippen LogP contribution < -0.4 is 5.32 Å². The van der Waals surface area contributed by atoms with Crippen molar-refractivity contribution in [3.8, 4) is 11.5 Å². The minimum atomic E-state index is -0.132. The van der Waals surface area contributed by atoms with Gasteiger partial charge in [0.25, 0.3) is 5.91 Å². The first kappa shape index (κ1) is 16.7. The molecule has 1 aromatic heterocycles. The van der Waals surface area contributed by atoms with E-state index in [0.29, 0.717) is 23.8 Å². The zero-order chi connectivity index (χ0) is 18.5. The number of rotatable bonds is 5. The summed E-state index contributed by atoms with van der Waals surface area (Å²) in [6.07, 6.45) is 0.534. The molecule has 0 aliphatic carbocycles. The largest absolute Gasteiger partial charge is 0.420 e. The van der Waals surface area contributed by atoms with E-state index >= 15 is 0 Å². The second-order valence-corrected chi connectivity index (χ2v) is 6.06. The van der Waals surface area contributed by atoms with Gasteiger partial charge in [-0.1, -0.05) is 48.5 Å². The van der Waals surface area contributed by atoms with E-state index < -0.39 is 0 Å². The maximum absolute atomic E-state index is 12.2. The Kier molecular flexibility index (Phi) is 4.74. The van der Waals surface area contributed by atoms with E-state index in [9.17, 15) is 4.79 Å². The molecule has 0 aliphatic rings. The Hall–Kier alpha value is -3.73. The molecule has 0 bridgehead atoms. The van der Waals surface area contributed by atoms with Crippen LogP contribution in [-0.4, -0.2) is 16.1 Å². The summed E-state index contributed by atoms with van der Waals surface area (Å²) in [4.78, 5) is 12.2. The second-order valence-electron chi connectivity index (χ2n) is 6.06. The quantitative estimate of drug-likeness (QED) is 0.569. The van der Waals surface area contributed by atoms with Gasteiger partial charge < -0.3 is 9.73 Å². The molecule has 0 saturated heterocycles. The van der Waals surface area contributed by atoms with E-state index in [1.807, 2.05) is 72.8 Å². The minimum absolute atomic E-state index is 0.132. The summed E-state index contributed by atoms with van der Waals surface area (Å²) in [5.41, 5.74) is 3.29. The molecule has 4 rings (SSSR count). The molecule has 0 fully saturated rings. The highest BCUT2D eigenvalue weighted by molar-refractivity contribution is 6.04. The van der Waals surface area contributed by atoms with Crippen molar-refractivity contribution in [1.29, 1.82) is 0 Å². The van der Waals surface area contributed by atoms with Crippen molar-refractivity contribution in [3.05, 3.63) is 102 Å². The Morgan fingerprint density at radius 2 is 1.48 bits per heavy atom. The predicted octanol–water partition coefficient (Wildman–Crippen LogP) is 4.58. The minimum Gasteiger partial charge on any atom is -0.420 e. The number of amides is 1. The topological polar surface area (TPSA) is 68.0 Å². The lowest BCUT2D eigenvalue weighted by Gasteiger charge is -2.06. The van der Waals surface area contributed by atoms with Crippen LogP contribution in [0, 0.1) is 0 Å². The number of hydrogen-bond donors (Lipinski definition) is 1. The highest BCUT2D eigenvalue weighted by Crippen LogP contribution is 2.19. The number of nitrogens with one attached hydrogen (secondary N) is 1. The van der Waals surface area contributed by atoms with Crippen molar-refractivity contribution in [2.45, 2.75) is 6.42 Å². The van der Waals surface area contributed by atoms with E-state index in [4.69, 9.17) is 4.42 Å². The van der Waals surface area contributed by atoms with Crippen molar-refractivity contribution in [2.24, 2.45) is 0 Å². The first-order valence-electron chi connectivity index (χ1n) is 8.61. The number of hydrogen-bond acceptors (Lipinski definition) is 4. The Morgan fingerprint density at radius 3 is 2.19 bits per heavy atom. The van der Waals surface area contributed by atoms with E-state index in [0.717, 1.165) is 16.8 Å². The first-order valence-corrected chi connectivity index (χ1v) is 8.61.